The Morgan fingerprint density at radius 1 is 0.808 bits per heavy atom. The number of nitrogens with one attached hydrogen (secondary N) is 1. The van der Waals surface area contributed by atoms with E-state index < -0.39 is 0 Å². The number of unbranched alkanes of at least 4 members (excludes halogenated alkanes) is 4. The summed E-state index contributed by atoms with van der Waals surface area (Å²) in [4.78, 5) is 12.6. The van der Waals surface area contributed by atoms with Gasteiger partial charge in [-0.05, 0) is 42.0 Å². The monoisotopic (exact) mass is 345 g/mol. The molecular formula is C24H27NO. The highest BCUT2D eigenvalue weighted by molar-refractivity contribution is 6.09. The summed E-state index contributed by atoms with van der Waals surface area (Å²) in [6.07, 6.45) is 7.53. The number of carbonyl (C=O) groups is 1. The van der Waals surface area contributed by atoms with Crippen molar-refractivity contribution >= 4 is 22.4 Å². The Balaban J connectivity index is 1.61. The van der Waals surface area contributed by atoms with Crippen molar-refractivity contribution in [2.75, 3.05) is 5.32 Å². The zero-order valence-electron chi connectivity index (χ0n) is 15.5. The van der Waals surface area contributed by atoms with Crippen LogP contribution in [0.25, 0.3) is 10.8 Å². The number of aryl methyl sites for hydroxylation is 1. The SMILES string of the molecule is CCCCCCCc1ccc(C(=O)Nc2cccc3ccccc23)cc1. The van der Waals surface area contributed by atoms with E-state index in [-0.39, 0.29) is 5.91 Å². The Hall–Kier alpha value is -2.61. The number of fused-ring (bicyclic) bond motifs is 1. The highest BCUT2D eigenvalue weighted by atomic mass is 16.1. The maximum atomic E-state index is 12.6. The number of hydrogen-bond acceptors (Lipinski definition) is 1. The van der Waals surface area contributed by atoms with Crippen LogP contribution in [0.4, 0.5) is 5.69 Å². The predicted octanol–water partition coefficient (Wildman–Crippen LogP) is 6.61. The van der Waals surface area contributed by atoms with E-state index in [4.69, 9.17) is 0 Å². The standard InChI is InChI=1S/C24H27NO/c1-2-3-4-5-6-10-19-15-17-21(18-16-19)24(26)25-23-14-9-12-20-11-7-8-13-22(20)23/h7-9,11-18H,2-6,10H2,1H3,(H,25,26). The average Bonchev–Trinajstić information content (AvgIpc) is 2.68. The molecule has 0 aromatic heterocycles. The maximum absolute atomic E-state index is 12.6. The molecule has 1 amide bonds. The normalized spacial score (nSPS) is 10.8. The van der Waals surface area contributed by atoms with Crippen LogP contribution < -0.4 is 5.32 Å². The van der Waals surface area contributed by atoms with Crippen molar-refractivity contribution in [2.24, 2.45) is 0 Å². The van der Waals surface area contributed by atoms with Gasteiger partial charge in [-0.25, -0.2) is 0 Å². The lowest BCUT2D eigenvalue weighted by molar-refractivity contribution is 0.102. The Kier molecular flexibility index (Phi) is 6.43. The minimum Gasteiger partial charge on any atom is -0.321 e. The lowest BCUT2D eigenvalue weighted by Crippen LogP contribution is -2.12. The van der Waals surface area contributed by atoms with Gasteiger partial charge in [-0.3, -0.25) is 4.79 Å². The highest BCUT2D eigenvalue weighted by Gasteiger charge is 2.08. The van der Waals surface area contributed by atoms with Gasteiger partial charge in [0.1, 0.15) is 0 Å². The molecule has 0 atom stereocenters. The molecule has 3 aromatic carbocycles. The summed E-state index contributed by atoms with van der Waals surface area (Å²) in [5.74, 6) is -0.0594. The van der Waals surface area contributed by atoms with Crippen molar-refractivity contribution in [3.63, 3.8) is 0 Å². The summed E-state index contributed by atoms with van der Waals surface area (Å²) in [6.45, 7) is 2.24. The first-order valence-corrected chi connectivity index (χ1v) is 9.66. The van der Waals surface area contributed by atoms with Crippen LogP contribution in [0.2, 0.25) is 0 Å². The topological polar surface area (TPSA) is 29.1 Å². The second-order valence-corrected chi connectivity index (χ2v) is 6.84. The van der Waals surface area contributed by atoms with E-state index >= 15 is 0 Å². The largest absolute Gasteiger partial charge is 0.321 e. The molecule has 3 rings (SSSR count). The zero-order valence-corrected chi connectivity index (χ0v) is 15.5. The van der Waals surface area contributed by atoms with Gasteiger partial charge in [-0.15, -0.1) is 0 Å². The summed E-state index contributed by atoms with van der Waals surface area (Å²) >= 11 is 0. The summed E-state index contributed by atoms with van der Waals surface area (Å²) in [5, 5.41) is 5.24. The summed E-state index contributed by atoms with van der Waals surface area (Å²) in [5.41, 5.74) is 2.86. The number of carbonyl (C=O) groups excluding carboxylic acids is 1. The molecule has 0 fully saturated rings. The maximum Gasteiger partial charge on any atom is 0.255 e. The van der Waals surface area contributed by atoms with Gasteiger partial charge >= 0.3 is 0 Å². The molecule has 26 heavy (non-hydrogen) atoms. The first kappa shape index (κ1) is 18.2. The number of rotatable bonds is 8. The van der Waals surface area contributed by atoms with Crippen LogP contribution in [0.3, 0.4) is 0 Å². The molecule has 0 saturated carbocycles. The van der Waals surface area contributed by atoms with Crippen molar-refractivity contribution in [2.45, 2.75) is 45.4 Å². The van der Waals surface area contributed by atoms with Gasteiger partial charge in [0.05, 0.1) is 0 Å². The van der Waals surface area contributed by atoms with Crippen molar-refractivity contribution in [1.82, 2.24) is 0 Å². The minimum absolute atomic E-state index is 0.0594. The number of anilines is 1. The van der Waals surface area contributed by atoms with Gasteiger partial charge in [0, 0.05) is 16.6 Å². The van der Waals surface area contributed by atoms with Crippen LogP contribution in [-0.2, 0) is 6.42 Å². The fourth-order valence-corrected chi connectivity index (χ4v) is 3.28. The lowest BCUT2D eigenvalue weighted by atomic mass is 10.0. The second kappa shape index (κ2) is 9.19. The number of hydrogen-bond donors (Lipinski definition) is 1. The fourth-order valence-electron chi connectivity index (χ4n) is 3.28. The first-order valence-electron chi connectivity index (χ1n) is 9.66. The van der Waals surface area contributed by atoms with E-state index in [1.54, 1.807) is 0 Å². The van der Waals surface area contributed by atoms with Crippen LogP contribution in [0, 0.1) is 0 Å². The Labute approximate surface area is 156 Å². The van der Waals surface area contributed by atoms with Crippen LogP contribution in [-0.4, -0.2) is 5.91 Å². The van der Waals surface area contributed by atoms with E-state index in [1.165, 1.54) is 37.7 Å². The fraction of sp³-hybridized carbons (Fsp3) is 0.292. The molecule has 0 aliphatic carbocycles. The molecular weight excluding hydrogens is 318 g/mol. The summed E-state index contributed by atoms with van der Waals surface area (Å²) < 4.78 is 0. The van der Waals surface area contributed by atoms with Gasteiger partial charge < -0.3 is 5.32 Å². The van der Waals surface area contributed by atoms with Crippen LogP contribution >= 0.6 is 0 Å². The highest BCUT2D eigenvalue weighted by Crippen LogP contribution is 2.23. The molecule has 0 saturated heterocycles. The van der Waals surface area contributed by atoms with E-state index in [1.807, 2.05) is 42.5 Å². The molecule has 0 spiro atoms. The van der Waals surface area contributed by atoms with E-state index in [9.17, 15) is 4.79 Å². The third kappa shape index (κ3) is 4.72. The zero-order chi connectivity index (χ0) is 18.2. The summed E-state index contributed by atoms with van der Waals surface area (Å²) in [7, 11) is 0. The van der Waals surface area contributed by atoms with E-state index in [0.717, 1.165) is 22.9 Å². The van der Waals surface area contributed by atoms with Gasteiger partial charge in [-0.2, -0.15) is 0 Å². The molecule has 0 radical (unpaired) electrons. The molecule has 1 N–H and O–H groups in total. The average molecular weight is 345 g/mol. The molecule has 2 nitrogen and oxygen atoms in total. The van der Waals surface area contributed by atoms with Crippen molar-refractivity contribution in [3.8, 4) is 0 Å². The minimum atomic E-state index is -0.0594. The van der Waals surface area contributed by atoms with E-state index in [0.29, 0.717) is 5.56 Å². The van der Waals surface area contributed by atoms with Crippen LogP contribution in [0.1, 0.15) is 54.9 Å². The lowest BCUT2D eigenvalue weighted by Gasteiger charge is -2.09. The van der Waals surface area contributed by atoms with Gasteiger partial charge in [0.2, 0.25) is 0 Å². The van der Waals surface area contributed by atoms with Gasteiger partial charge in [0.15, 0.2) is 0 Å². The quantitative estimate of drug-likeness (QED) is 0.458. The molecule has 0 bridgehead atoms. The summed E-state index contributed by atoms with van der Waals surface area (Å²) in [6, 6.07) is 22.1. The third-order valence-electron chi connectivity index (χ3n) is 4.82. The third-order valence-corrected chi connectivity index (χ3v) is 4.82. The second-order valence-electron chi connectivity index (χ2n) is 6.84. The molecule has 0 heterocycles. The first-order chi connectivity index (χ1) is 12.8. The van der Waals surface area contributed by atoms with Gasteiger partial charge in [-0.1, -0.05) is 81.1 Å². The molecule has 0 unspecified atom stereocenters. The molecule has 2 heteroatoms. The van der Waals surface area contributed by atoms with Crippen LogP contribution in [0.5, 0.6) is 0 Å². The molecule has 0 aliphatic heterocycles. The number of amides is 1. The molecule has 134 valence electrons. The van der Waals surface area contributed by atoms with Gasteiger partial charge in [0.25, 0.3) is 5.91 Å². The molecule has 3 aromatic rings. The Bertz CT molecular complexity index is 846. The van der Waals surface area contributed by atoms with Crippen molar-refractivity contribution in [3.05, 3.63) is 77.9 Å². The Morgan fingerprint density at radius 3 is 2.35 bits per heavy atom. The predicted molar refractivity (Wildman–Crippen MR) is 111 cm³/mol. The smallest absolute Gasteiger partial charge is 0.255 e. The number of benzene rings is 3. The molecule has 0 aliphatic rings. The van der Waals surface area contributed by atoms with E-state index in [2.05, 4.69) is 36.5 Å². The van der Waals surface area contributed by atoms with Crippen molar-refractivity contribution < 1.29 is 4.79 Å². The van der Waals surface area contributed by atoms with Crippen LogP contribution in [0.15, 0.2) is 66.7 Å². The van der Waals surface area contributed by atoms with Crippen molar-refractivity contribution in [1.29, 1.82) is 0 Å². The Morgan fingerprint density at radius 2 is 1.54 bits per heavy atom.